The molecule has 2 N–H and O–H groups in total. The summed E-state index contributed by atoms with van der Waals surface area (Å²) in [5, 5.41) is 11.1. The SMILES string of the molecule is CC(=O)N1CCC(NC(=O)COCC(=O)O)CC1. The predicted molar refractivity (Wildman–Crippen MR) is 61.9 cm³/mol. The van der Waals surface area contributed by atoms with Crippen LogP contribution in [0.25, 0.3) is 0 Å². The number of carbonyl (C=O) groups excluding carboxylic acids is 2. The van der Waals surface area contributed by atoms with Gasteiger partial charge in [-0.1, -0.05) is 0 Å². The number of carbonyl (C=O) groups is 3. The van der Waals surface area contributed by atoms with Gasteiger partial charge in [0.1, 0.15) is 13.2 Å². The zero-order valence-corrected chi connectivity index (χ0v) is 10.3. The summed E-state index contributed by atoms with van der Waals surface area (Å²) in [4.78, 5) is 34.4. The Morgan fingerprint density at radius 3 is 2.39 bits per heavy atom. The van der Waals surface area contributed by atoms with Crippen LogP contribution in [0.3, 0.4) is 0 Å². The van der Waals surface area contributed by atoms with Gasteiger partial charge in [-0.3, -0.25) is 9.59 Å². The standard InChI is InChI=1S/C11H18N2O5/c1-8(14)13-4-2-9(3-5-13)12-10(15)6-18-7-11(16)17/h9H,2-7H2,1H3,(H,12,15)(H,16,17). The third-order valence-electron chi connectivity index (χ3n) is 2.76. The van der Waals surface area contributed by atoms with E-state index in [4.69, 9.17) is 5.11 Å². The molecule has 0 aromatic carbocycles. The Balaban J connectivity index is 2.18. The van der Waals surface area contributed by atoms with E-state index in [1.54, 1.807) is 4.90 Å². The monoisotopic (exact) mass is 258 g/mol. The van der Waals surface area contributed by atoms with Crippen LogP contribution in [0.5, 0.6) is 0 Å². The first-order valence-corrected chi connectivity index (χ1v) is 5.83. The van der Waals surface area contributed by atoms with Crippen LogP contribution in [0, 0.1) is 0 Å². The molecule has 0 aliphatic carbocycles. The lowest BCUT2D eigenvalue weighted by molar-refractivity contribution is -0.143. The number of hydrogen-bond acceptors (Lipinski definition) is 4. The Kier molecular flexibility index (Phi) is 5.57. The van der Waals surface area contributed by atoms with E-state index in [0.717, 1.165) is 0 Å². The van der Waals surface area contributed by atoms with Gasteiger partial charge in [-0.25, -0.2) is 4.79 Å². The van der Waals surface area contributed by atoms with E-state index in [1.165, 1.54) is 6.92 Å². The van der Waals surface area contributed by atoms with E-state index in [0.29, 0.717) is 25.9 Å². The molecule has 7 heteroatoms. The Hall–Kier alpha value is -1.63. The van der Waals surface area contributed by atoms with E-state index in [9.17, 15) is 14.4 Å². The molecule has 0 aromatic rings. The third kappa shape index (κ3) is 5.13. The minimum absolute atomic E-state index is 0.0292. The Bertz CT molecular complexity index is 323. The Labute approximate surface area is 105 Å². The molecule has 18 heavy (non-hydrogen) atoms. The van der Waals surface area contributed by atoms with Gasteiger partial charge < -0.3 is 20.1 Å². The highest BCUT2D eigenvalue weighted by atomic mass is 16.5. The highest BCUT2D eigenvalue weighted by molar-refractivity contribution is 5.78. The van der Waals surface area contributed by atoms with Gasteiger partial charge in [0.15, 0.2) is 0 Å². The highest BCUT2D eigenvalue weighted by Gasteiger charge is 2.21. The number of aliphatic carboxylic acids is 1. The van der Waals surface area contributed by atoms with Crippen LogP contribution in [0.15, 0.2) is 0 Å². The first-order valence-electron chi connectivity index (χ1n) is 5.83. The van der Waals surface area contributed by atoms with Crippen LogP contribution in [0.2, 0.25) is 0 Å². The molecular weight excluding hydrogens is 240 g/mol. The maximum atomic E-state index is 11.4. The summed E-state index contributed by atoms with van der Waals surface area (Å²) in [7, 11) is 0. The second-order valence-corrected chi connectivity index (χ2v) is 4.23. The summed E-state index contributed by atoms with van der Waals surface area (Å²) in [6, 6.07) is 0.0292. The molecule has 0 radical (unpaired) electrons. The van der Waals surface area contributed by atoms with Crippen molar-refractivity contribution in [2.45, 2.75) is 25.8 Å². The van der Waals surface area contributed by atoms with Crippen LogP contribution in [-0.4, -0.2) is 60.1 Å². The third-order valence-corrected chi connectivity index (χ3v) is 2.76. The zero-order valence-electron chi connectivity index (χ0n) is 10.3. The minimum Gasteiger partial charge on any atom is -0.480 e. The first kappa shape index (κ1) is 14.4. The van der Waals surface area contributed by atoms with Crippen molar-refractivity contribution in [1.82, 2.24) is 10.2 Å². The lowest BCUT2D eigenvalue weighted by atomic mass is 10.1. The van der Waals surface area contributed by atoms with Gasteiger partial charge in [-0.15, -0.1) is 0 Å². The Morgan fingerprint density at radius 2 is 1.89 bits per heavy atom. The summed E-state index contributed by atoms with van der Waals surface area (Å²) in [6.45, 7) is 2.07. The molecule has 0 spiro atoms. The molecule has 1 saturated heterocycles. The summed E-state index contributed by atoms with van der Waals surface area (Å²) in [5.74, 6) is -1.38. The fourth-order valence-corrected chi connectivity index (χ4v) is 1.84. The highest BCUT2D eigenvalue weighted by Crippen LogP contribution is 2.10. The zero-order chi connectivity index (χ0) is 13.5. The molecule has 1 fully saturated rings. The van der Waals surface area contributed by atoms with E-state index < -0.39 is 12.6 Å². The van der Waals surface area contributed by atoms with E-state index in [2.05, 4.69) is 10.1 Å². The second-order valence-electron chi connectivity index (χ2n) is 4.23. The largest absolute Gasteiger partial charge is 0.480 e. The van der Waals surface area contributed by atoms with Crippen molar-refractivity contribution >= 4 is 17.8 Å². The number of carboxylic acids is 1. The summed E-state index contributed by atoms with van der Waals surface area (Å²) in [6.07, 6.45) is 1.43. The lowest BCUT2D eigenvalue weighted by Crippen LogP contribution is -2.46. The number of likely N-dealkylation sites (tertiary alicyclic amines) is 1. The van der Waals surface area contributed by atoms with Crippen molar-refractivity contribution in [3.8, 4) is 0 Å². The molecule has 7 nitrogen and oxygen atoms in total. The maximum absolute atomic E-state index is 11.4. The number of amides is 2. The van der Waals surface area contributed by atoms with Crippen molar-refractivity contribution in [3.05, 3.63) is 0 Å². The number of ether oxygens (including phenoxy) is 1. The van der Waals surface area contributed by atoms with Gasteiger partial charge >= 0.3 is 5.97 Å². The van der Waals surface area contributed by atoms with Crippen molar-refractivity contribution in [2.24, 2.45) is 0 Å². The topological polar surface area (TPSA) is 95.9 Å². The van der Waals surface area contributed by atoms with Crippen LogP contribution >= 0.6 is 0 Å². The molecule has 102 valence electrons. The smallest absolute Gasteiger partial charge is 0.329 e. The average molecular weight is 258 g/mol. The van der Waals surface area contributed by atoms with Crippen LogP contribution < -0.4 is 5.32 Å². The van der Waals surface area contributed by atoms with Crippen molar-refractivity contribution in [1.29, 1.82) is 0 Å². The molecule has 0 saturated carbocycles. The average Bonchev–Trinajstić information content (AvgIpc) is 2.29. The van der Waals surface area contributed by atoms with E-state index >= 15 is 0 Å². The lowest BCUT2D eigenvalue weighted by Gasteiger charge is -2.31. The molecule has 0 unspecified atom stereocenters. The Morgan fingerprint density at radius 1 is 1.28 bits per heavy atom. The summed E-state index contributed by atoms with van der Waals surface area (Å²) >= 11 is 0. The number of rotatable bonds is 5. The maximum Gasteiger partial charge on any atom is 0.329 e. The normalized spacial score (nSPS) is 16.4. The number of carboxylic acid groups (broad SMARTS) is 1. The predicted octanol–water partition coefficient (Wildman–Crippen LogP) is -0.785. The molecule has 0 aromatic heterocycles. The molecular formula is C11H18N2O5. The quantitative estimate of drug-likeness (QED) is 0.674. The minimum atomic E-state index is -1.10. The molecule has 1 aliphatic heterocycles. The van der Waals surface area contributed by atoms with Crippen molar-refractivity contribution in [2.75, 3.05) is 26.3 Å². The molecule has 0 bridgehead atoms. The van der Waals surface area contributed by atoms with E-state index in [1.807, 2.05) is 0 Å². The number of nitrogens with zero attached hydrogens (tertiary/aromatic N) is 1. The van der Waals surface area contributed by atoms with Gasteiger partial charge in [0.25, 0.3) is 0 Å². The fourth-order valence-electron chi connectivity index (χ4n) is 1.84. The van der Waals surface area contributed by atoms with Gasteiger partial charge in [-0.2, -0.15) is 0 Å². The van der Waals surface area contributed by atoms with Crippen LogP contribution in [0.4, 0.5) is 0 Å². The molecule has 1 heterocycles. The number of piperidine rings is 1. The molecule has 1 rings (SSSR count). The second kappa shape index (κ2) is 6.95. The van der Waals surface area contributed by atoms with Crippen LogP contribution in [-0.2, 0) is 19.1 Å². The fraction of sp³-hybridized carbons (Fsp3) is 0.727. The molecule has 0 atom stereocenters. The first-order chi connectivity index (χ1) is 8.49. The molecule has 1 aliphatic rings. The molecule has 2 amide bonds. The summed E-state index contributed by atoms with van der Waals surface area (Å²) in [5.41, 5.74) is 0. The summed E-state index contributed by atoms with van der Waals surface area (Å²) < 4.78 is 4.68. The van der Waals surface area contributed by atoms with E-state index in [-0.39, 0.29) is 24.5 Å². The van der Waals surface area contributed by atoms with Crippen LogP contribution in [0.1, 0.15) is 19.8 Å². The van der Waals surface area contributed by atoms with Crippen molar-refractivity contribution < 1.29 is 24.2 Å². The van der Waals surface area contributed by atoms with Gasteiger partial charge in [-0.05, 0) is 12.8 Å². The van der Waals surface area contributed by atoms with Gasteiger partial charge in [0.05, 0.1) is 0 Å². The van der Waals surface area contributed by atoms with Gasteiger partial charge in [0, 0.05) is 26.1 Å². The number of hydrogen-bond donors (Lipinski definition) is 2. The van der Waals surface area contributed by atoms with Gasteiger partial charge in [0.2, 0.25) is 11.8 Å². The van der Waals surface area contributed by atoms with Crippen molar-refractivity contribution in [3.63, 3.8) is 0 Å². The number of nitrogens with one attached hydrogen (secondary N) is 1.